The Balaban J connectivity index is 1.71. The average molecular weight is 397 g/mol. The minimum atomic E-state index is -0.588. The number of hydrogen-bond acceptors (Lipinski definition) is 5. The van der Waals surface area contributed by atoms with Crippen molar-refractivity contribution >= 4 is 52.7 Å². The predicted octanol–water partition coefficient (Wildman–Crippen LogP) is 4.72. The van der Waals surface area contributed by atoms with Crippen molar-refractivity contribution in [3.63, 3.8) is 0 Å². The zero-order chi connectivity index (χ0) is 17.6. The normalized spacial score (nSPS) is 17.0. The summed E-state index contributed by atoms with van der Waals surface area (Å²) in [6.45, 7) is 0.132. The number of ether oxygens (including phenoxy) is 3. The van der Waals surface area contributed by atoms with Crippen LogP contribution in [-0.4, -0.2) is 18.7 Å². The number of esters is 1. The van der Waals surface area contributed by atoms with Crippen molar-refractivity contribution in [2.24, 2.45) is 4.99 Å². The van der Waals surface area contributed by atoms with Crippen molar-refractivity contribution in [1.29, 1.82) is 0 Å². The van der Waals surface area contributed by atoms with Gasteiger partial charge >= 0.3 is 5.97 Å². The largest absolute Gasteiger partial charge is 0.454 e. The lowest BCUT2D eigenvalue weighted by Gasteiger charge is -2.01. The number of rotatable bonds is 2. The van der Waals surface area contributed by atoms with Gasteiger partial charge < -0.3 is 14.2 Å². The predicted molar refractivity (Wildman–Crippen MR) is 94.6 cm³/mol. The number of aliphatic imine (C=N–C) groups is 1. The van der Waals surface area contributed by atoms with Crippen LogP contribution in [0, 0.1) is 0 Å². The molecule has 2 aromatic carbocycles. The third-order valence-corrected chi connectivity index (χ3v) is 4.64. The van der Waals surface area contributed by atoms with E-state index in [1.807, 2.05) is 0 Å². The fraction of sp³-hybridized carbons (Fsp3) is 0.0588. The van der Waals surface area contributed by atoms with E-state index in [1.54, 1.807) is 30.3 Å². The highest BCUT2D eigenvalue weighted by Crippen LogP contribution is 2.38. The molecule has 0 atom stereocenters. The van der Waals surface area contributed by atoms with Gasteiger partial charge in [0.05, 0.1) is 15.1 Å². The van der Waals surface area contributed by atoms with Crippen LogP contribution >= 0.6 is 34.8 Å². The van der Waals surface area contributed by atoms with Crippen molar-refractivity contribution in [3.05, 3.63) is 62.2 Å². The van der Waals surface area contributed by atoms with E-state index in [0.717, 1.165) is 0 Å². The van der Waals surface area contributed by atoms with Crippen LogP contribution in [0.25, 0.3) is 6.08 Å². The summed E-state index contributed by atoms with van der Waals surface area (Å²) in [6.07, 6.45) is 1.52. The Labute approximate surface area is 157 Å². The molecule has 2 aliphatic rings. The van der Waals surface area contributed by atoms with Gasteiger partial charge in [0.1, 0.15) is 0 Å². The smallest absolute Gasteiger partial charge is 0.363 e. The minimum Gasteiger partial charge on any atom is -0.454 e. The number of carbonyl (C=O) groups excluding carboxylic acids is 1. The lowest BCUT2D eigenvalue weighted by Crippen LogP contribution is -2.05. The molecule has 4 rings (SSSR count). The first-order valence-electron chi connectivity index (χ1n) is 7.08. The Morgan fingerprint density at radius 2 is 1.72 bits per heavy atom. The van der Waals surface area contributed by atoms with Crippen molar-refractivity contribution < 1.29 is 19.0 Å². The molecule has 0 aromatic heterocycles. The second-order valence-corrected chi connectivity index (χ2v) is 6.41. The van der Waals surface area contributed by atoms with Crippen LogP contribution in [0.15, 0.2) is 41.0 Å². The molecule has 0 fully saturated rings. The van der Waals surface area contributed by atoms with Crippen LogP contribution in [0.2, 0.25) is 15.1 Å². The molecule has 0 radical (unpaired) electrons. The Morgan fingerprint density at radius 3 is 2.48 bits per heavy atom. The van der Waals surface area contributed by atoms with Crippen LogP contribution in [0.1, 0.15) is 11.1 Å². The van der Waals surface area contributed by atoms with Gasteiger partial charge in [-0.2, -0.15) is 0 Å². The first kappa shape index (κ1) is 16.3. The van der Waals surface area contributed by atoms with Crippen molar-refractivity contribution in [2.45, 2.75) is 0 Å². The molecule has 0 unspecified atom stereocenters. The number of hydrogen-bond donors (Lipinski definition) is 0. The van der Waals surface area contributed by atoms with Crippen molar-refractivity contribution in [3.8, 4) is 11.5 Å². The highest BCUT2D eigenvalue weighted by molar-refractivity contribution is 6.42. The number of fused-ring (bicyclic) bond motifs is 1. The van der Waals surface area contributed by atoms with Crippen LogP contribution in [0.5, 0.6) is 11.5 Å². The van der Waals surface area contributed by atoms with E-state index >= 15 is 0 Å². The maximum absolute atomic E-state index is 12.1. The van der Waals surface area contributed by atoms with Crippen LogP contribution < -0.4 is 9.47 Å². The third-order valence-electron chi connectivity index (χ3n) is 3.57. The van der Waals surface area contributed by atoms with E-state index in [4.69, 9.17) is 49.0 Å². The topological polar surface area (TPSA) is 57.1 Å². The maximum Gasteiger partial charge on any atom is 0.363 e. The first-order valence-corrected chi connectivity index (χ1v) is 8.22. The molecule has 25 heavy (non-hydrogen) atoms. The summed E-state index contributed by atoms with van der Waals surface area (Å²) in [5.41, 5.74) is 1.22. The molecule has 0 spiro atoms. The minimum absolute atomic E-state index is 0.113. The number of benzene rings is 2. The van der Waals surface area contributed by atoms with E-state index in [0.29, 0.717) is 37.7 Å². The summed E-state index contributed by atoms with van der Waals surface area (Å²) in [4.78, 5) is 16.3. The molecule has 0 amide bonds. The second-order valence-electron chi connectivity index (χ2n) is 5.19. The molecule has 126 valence electrons. The monoisotopic (exact) mass is 395 g/mol. The summed E-state index contributed by atoms with van der Waals surface area (Å²) >= 11 is 18.1. The van der Waals surface area contributed by atoms with Crippen LogP contribution in [0.4, 0.5) is 0 Å². The number of nitrogens with zero attached hydrogens (tertiary/aromatic N) is 1. The van der Waals surface area contributed by atoms with E-state index in [9.17, 15) is 4.79 Å². The highest BCUT2D eigenvalue weighted by Gasteiger charge is 2.25. The highest BCUT2D eigenvalue weighted by atomic mass is 35.5. The van der Waals surface area contributed by atoms with E-state index < -0.39 is 5.97 Å². The Bertz CT molecular complexity index is 969. The van der Waals surface area contributed by atoms with Crippen LogP contribution in [0.3, 0.4) is 0 Å². The molecule has 2 aliphatic heterocycles. The van der Waals surface area contributed by atoms with E-state index in [1.165, 1.54) is 6.08 Å². The molecule has 2 heterocycles. The molecule has 0 saturated carbocycles. The standard InChI is InChI=1S/C17H8Cl3NO4/c18-10-2-1-8(3-12(10)20)16-21-13(17(22)25-16)4-9-5-14-15(6-11(9)19)24-7-23-14/h1-6H,7H2/b13-4-. The summed E-state index contributed by atoms with van der Waals surface area (Å²) in [5, 5.41) is 1.15. The summed E-state index contributed by atoms with van der Waals surface area (Å²) in [7, 11) is 0. The van der Waals surface area contributed by atoms with Gasteiger partial charge in [-0.3, -0.25) is 0 Å². The second kappa shape index (κ2) is 6.26. The number of carbonyl (C=O) groups is 1. The van der Waals surface area contributed by atoms with Gasteiger partial charge in [0.25, 0.3) is 0 Å². The zero-order valence-corrected chi connectivity index (χ0v) is 14.7. The fourth-order valence-corrected chi connectivity index (χ4v) is 2.86. The van der Waals surface area contributed by atoms with Gasteiger partial charge in [0.15, 0.2) is 17.2 Å². The Hall–Kier alpha value is -2.21. The van der Waals surface area contributed by atoms with Gasteiger partial charge in [-0.15, -0.1) is 0 Å². The molecule has 8 heteroatoms. The van der Waals surface area contributed by atoms with Gasteiger partial charge in [0, 0.05) is 11.6 Å². The van der Waals surface area contributed by atoms with Gasteiger partial charge in [-0.25, -0.2) is 9.79 Å². The number of halogens is 3. The van der Waals surface area contributed by atoms with Crippen LogP contribution in [-0.2, 0) is 9.53 Å². The van der Waals surface area contributed by atoms with E-state index in [2.05, 4.69) is 4.99 Å². The molecule has 0 saturated heterocycles. The summed E-state index contributed by atoms with van der Waals surface area (Å²) in [5.74, 6) is 0.666. The van der Waals surface area contributed by atoms with Gasteiger partial charge in [-0.1, -0.05) is 34.8 Å². The van der Waals surface area contributed by atoms with Crippen molar-refractivity contribution in [1.82, 2.24) is 0 Å². The summed E-state index contributed by atoms with van der Waals surface area (Å²) < 4.78 is 15.8. The number of cyclic esters (lactones) is 1. The van der Waals surface area contributed by atoms with Gasteiger partial charge in [0.2, 0.25) is 12.7 Å². The van der Waals surface area contributed by atoms with E-state index in [-0.39, 0.29) is 18.4 Å². The molecule has 0 aliphatic carbocycles. The van der Waals surface area contributed by atoms with Crippen molar-refractivity contribution in [2.75, 3.05) is 6.79 Å². The fourth-order valence-electron chi connectivity index (χ4n) is 2.35. The average Bonchev–Trinajstić information content (AvgIpc) is 3.17. The Morgan fingerprint density at radius 1 is 0.960 bits per heavy atom. The lowest BCUT2D eigenvalue weighted by atomic mass is 10.1. The molecule has 2 aromatic rings. The first-order chi connectivity index (χ1) is 12.0. The zero-order valence-electron chi connectivity index (χ0n) is 12.4. The molecule has 0 N–H and O–H groups in total. The molecular formula is C17H8Cl3NO4. The lowest BCUT2D eigenvalue weighted by molar-refractivity contribution is -0.129. The molecular weight excluding hydrogens is 389 g/mol. The third kappa shape index (κ3) is 3.06. The molecule has 5 nitrogen and oxygen atoms in total. The Kier molecular flexibility index (Phi) is 4.07. The summed E-state index contributed by atoms with van der Waals surface area (Å²) in [6, 6.07) is 8.15. The van der Waals surface area contributed by atoms with Gasteiger partial charge in [-0.05, 0) is 35.9 Å². The maximum atomic E-state index is 12.1. The molecule has 0 bridgehead atoms. The SMILES string of the molecule is O=C1OC(c2ccc(Cl)c(Cl)c2)=N/C1=C\c1cc2c(cc1Cl)OCO2. The quantitative estimate of drug-likeness (QED) is 0.544.